The zero-order valence-electron chi connectivity index (χ0n) is 15.5. The molecule has 1 aromatic carbocycles. The highest BCUT2D eigenvalue weighted by molar-refractivity contribution is 5.89. The molecule has 0 radical (unpaired) electrons. The normalized spacial score (nSPS) is 16.2. The molecule has 0 spiro atoms. The average molecular weight is 386 g/mol. The lowest BCUT2D eigenvalue weighted by Crippen LogP contribution is -2.34. The van der Waals surface area contributed by atoms with Gasteiger partial charge in [0, 0.05) is 26.6 Å². The predicted octanol–water partition coefficient (Wildman–Crippen LogP) is 1.75. The van der Waals surface area contributed by atoms with Gasteiger partial charge in [-0.25, -0.2) is 4.79 Å². The van der Waals surface area contributed by atoms with E-state index in [9.17, 15) is 14.4 Å². The number of aliphatic carboxylic acids is 1. The van der Waals surface area contributed by atoms with E-state index in [-0.39, 0.29) is 24.2 Å². The number of carboxylic acids is 1. The van der Waals surface area contributed by atoms with Crippen LogP contribution in [0.4, 0.5) is 0 Å². The molecule has 148 valence electrons. The molecule has 1 saturated heterocycles. The van der Waals surface area contributed by atoms with E-state index in [0.29, 0.717) is 31.1 Å². The van der Waals surface area contributed by atoms with Crippen LogP contribution in [0.2, 0.25) is 0 Å². The Morgan fingerprint density at radius 1 is 1.29 bits per heavy atom. The topological polar surface area (TPSA) is 100 Å². The summed E-state index contributed by atoms with van der Waals surface area (Å²) in [5, 5.41) is 8.62. The minimum absolute atomic E-state index is 0.0527. The quantitative estimate of drug-likeness (QED) is 0.742. The molecular weight excluding hydrogens is 364 g/mol. The van der Waals surface area contributed by atoms with Crippen molar-refractivity contribution in [3.05, 3.63) is 54.0 Å². The molecular formula is C20H22N2O6. The molecule has 1 unspecified atom stereocenters. The second-order valence-corrected chi connectivity index (χ2v) is 6.78. The molecule has 2 aromatic rings. The number of likely N-dealkylation sites (tertiary alicyclic amines) is 1. The first kappa shape index (κ1) is 19.5. The Balaban J connectivity index is 1.53. The van der Waals surface area contributed by atoms with E-state index >= 15 is 0 Å². The molecule has 2 amide bonds. The Kier molecular flexibility index (Phi) is 5.98. The van der Waals surface area contributed by atoms with Crippen LogP contribution in [0.1, 0.15) is 17.7 Å². The summed E-state index contributed by atoms with van der Waals surface area (Å²) in [5.41, 5.74) is 0.885. The van der Waals surface area contributed by atoms with Crippen molar-refractivity contribution in [1.82, 2.24) is 9.80 Å². The average Bonchev–Trinajstić information content (AvgIpc) is 3.31. The van der Waals surface area contributed by atoms with E-state index in [1.807, 2.05) is 0 Å². The summed E-state index contributed by atoms with van der Waals surface area (Å²) >= 11 is 0. The third-order valence-corrected chi connectivity index (χ3v) is 4.57. The smallest absolute Gasteiger partial charge is 0.341 e. The molecule has 1 fully saturated rings. The molecule has 28 heavy (non-hydrogen) atoms. The molecule has 3 rings (SSSR count). The van der Waals surface area contributed by atoms with E-state index in [1.54, 1.807) is 59.5 Å². The van der Waals surface area contributed by atoms with Crippen LogP contribution in [0.5, 0.6) is 5.75 Å². The second-order valence-electron chi connectivity index (χ2n) is 6.78. The molecule has 8 nitrogen and oxygen atoms in total. The van der Waals surface area contributed by atoms with Gasteiger partial charge in [-0.1, -0.05) is 12.1 Å². The summed E-state index contributed by atoms with van der Waals surface area (Å²) in [7, 11) is 1.71. The largest absolute Gasteiger partial charge is 0.482 e. The zero-order valence-corrected chi connectivity index (χ0v) is 15.5. The predicted molar refractivity (Wildman–Crippen MR) is 98.3 cm³/mol. The van der Waals surface area contributed by atoms with Gasteiger partial charge in [-0.05, 0) is 29.8 Å². The van der Waals surface area contributed by atoms with Gasteiger partial charge in [-0.3, -0.25) is 9.59 Å². The molecule has 0 saturated carbocycles. The first-order chi connectivity index (χ1) is 13.4. The number of carbonyl (C=O) groups is 3. The number of carbonyl (C=O) groups excluding carboxylic acids is 2. The van der Waals surface area contributed by atoms with Crippen molar-refractivity contribution < 1.29 is 28.6 Å². The summed E-state index contributed by atoms with van der Waals surface area (Å²) in [5.74, 6) is -0.396. The first-order valence-corrected chi connectivity index (χ1v) is 8.91. The number of nitrogens with zero attached hydrogens (tertiary/aromatic N) is 2. The van der Waals surface area contributed by atoms with Crippen LogP contribution in [0.3, 0.4) is 0 Å². The van der Waals surface area contributed by atoms with Crippen LogP contribution in [-0.4, -0.2) is 52.9 Å². The van der Waals surface area contributed by atoms with Gasteiger partial charge in [0.25, 0.3) is 0 Å². The fourth-order valence-electron chi connectivity index (χ4n) is 3.18. The van der Waals surface area contributed by atoms with Gasteiger partial charge >= 0.3 is 5.97 Å². The van der Waals surface area contributed by atoms with Crippen molar-refractivity contribution in [3.8, 4) is 5.75 Å². The molecule has 1 aliphatic heterocycles. The summed E-state index contributed by atoms with van der Waals surface area (Å²) in [6, 6.07) is 10.5. The van der Waals surface area contributed by atoms with Crippen LogP contribution < -0.4 is 4.74 Å². The van der Waals surface area contributed by atoms with Crippen LogP contribution in [-0.2, 0) is 27.5 Å². The maximum absolute atomic E-state index is 12.7. The highest BCUT2D eigenvalue weighted by Crippen LogP contribution is 2.23. The van der Waals surface area contributed by atoms with Crippen molar-refractivity contribution in [1.29, 1.82) is 0 Å². The van der Waals surface area contributed by atoms with Crippen LogP contribution in [0.15, 0.2) is 47.1 Å². The summed E-state index contributed by atoms with van der Waals surface area (Å²) in [6.07, 6.45) is 1.76. The third kappa shape index (κ3) is 4.91. The molecule has 1 N–H and O–H groups in total. The maximum atomic E-state index is 12.7. The van der Waals surface area contributed by atoms with Crippen LogP contribution in [0.25, 0.3) is 0 Å². The SMILES string of the molecule is CN(Cc1ccc(OCC(=O)O)cc1)C(=O)C1CC(=O)N(Cc2ccco2)C1. The van der Waals surface area contributed by atoms with E-state index in [4.69, 9.17) is 14.3 Å². The van der Waals surface area contributed by atoms with Crippen molar-refractivity contribution in [3.63, 3.8) is 0 Å². The van der Waals surface area contributed by atoms with Gasteiger partial charge in [0.2, 0.25) is 11.8 Å². The van der Waals surface area contributed by atoms with Crippen molar-refractivity contribution in [2.24, 2.45) is 5.92 Å². The van der Waals surface area contributed by atoms with Crippen LogP contribution >= 0.6 is 0 Å². The minimum atomic E-state index is -1.04. The van der Waals surface area contributed by atoms with Gasteiger partial charge in [-0.2, -0.15) is 0 Å². The lowest BCUT2D eigenvalue weighted by molar-refractivity contribution is -0.139. The third-order valence-electron chi connectivity index (χ3n) is 4.57. The number of amides is 2. The summed E-state index contributed by atoms with van der Waals surface area (Å²) < 4.78 is 10.4. The van der Waals surface area contributed by atoms with E-state index < -0.39 is 12.6 Å². The molecule has 8 heteroatoms. The number of carboxylic acid groups (broad SMARTS) is 1. The minimum Gasteiger partial charge on any atom is -0.482 e. The highest BCUT2D eigenvalue weighted by atomic mass is 16.5. The standard InChI is InChI=1S/C20H22N2O6/c1-21(10-14-4-6-16(7-5-14)28-13-19(24)25)20(26)15-9-18(23)22(11-15)12-17-3-2-8-27-17/h2-8,15H,9-13H2,1H3,(H,24,25). The lowest BCUT2D eigenvalue weighted by Gasteiger charge is -2.21. The lowest BCUT2D eigenvalue weighted by atomic mass is 10.1. The molecule has 1 aromatic heterocycles. The molecule has 0 aliphatic carbocycles. The van der Waals surface area contributed by atoms with Gasteiger partial charge in [0.1, 0.15) is 11.5 Å². The van der Waals surface area contributed by atoms with Crippen LogP contribution in [0, 0.1) is 5.92 Å². The zero-order chi connectivity index (χ0) is 20.1. The summed E-state index contributed by atoms with van der Waals surface area (Å²) in [6.45, 7) is 0.741. The second kappa shape index (κ2) is 8.60. The molecule has 0 bridgehead atoms. The number of furan rings is 1. The van der Waals surface area contributed by atoms with Crippen molar-refractivity contribution in [2.45, 2.75) is 19.5 Å². The van der Waals surface area contributed by atoms with E-state index in [2.05, 4.69) is 0 Å². The number of hydrogen-bond acceptors (Lipinski definition) is 5. The monoisotopic (exact) mass is 386 g/mol. The van der Waals surface area contributed by atoms with Crippen molar-refractivity contribution in [2.75, 3.05) is 20.2 Å². The van der Waals surface area contributed by atoms with Gasteiger partial charge < -0.3 is 24.1 Å². The number of hydrogen-bond donors (Lipinski definition) is 1. The molecule has 1 aliphatic rings. The summed E-state index contributed by atoms with van der Waals surface area (Å²) in [4.78, 5) is 38.7. The van der Waals surface area contributed by atoms with Gasteiger partial charge in [0.05, 0.1) is 18.7 Å². The van der Waals surface area contributed by atoms with E-state index in [1.165, 1.54) is 0 Å². The van der Waals surface area contributed by atoms with Crippen molar-refractivity contribution >= 4 is 17.8 Å². The Bertz CT molecular complexity index is 831. The Hall–Kier alpha value is -3.29. The van der Waals surface area contributed by atoms with Gasteiger partial charge in [-0.15, -0.1) is 0 Å². The highest BCUT2D eigenvalue weighted by Gasteiger charge is 2.36. The number of rotatable bonds is 8. The maximum Gasteiger partial charge on any atom is 0.341 e. The fraction of sp³-hybridized carbons (Fsp3) is 0.350. The number of benzene rings is 1. The molecule has 1 atom stereocenters. The van der Waals surface area contributed by atoms with E-state index in [0.717, 1.165) is 5.56 Å². The Morgan fingerprint density at radius 2 is 2.04 bits per heavy atom. The van der Waals surface area contributed by atoms with Gasteiger partial charge in [0.15, 0.2) is 6.61 Å². The fourth-order valence-corrected chi connectivity index (χ4v) is 3.18. The first-order valence-electron chi connectivity index (χ1n) is 8.91. The molecule has 2 heterocycles. The Labute approximate surface area is 162 Å². The Morgan fingerprint density at radius 3 is 2.68 bits per heavy atom. The number of ether oxygens (including phenoxy) is 1.